The summed E-state index contributed by atoms with van der Waals surface area (Å²) in [5.74, 6) is 0.884. The second-order valence-corrected chi connectivity index (χ2v) is 5.92. The minimum atomic E-state index is -0.455. The van der Waals surface area contributed by atoms with Crippen molar-refractivity contribution >= 4 is 11.7 Å². The Labute approximate surface area is 135 Å². The Bertz CT molecular complexity index is 656. The fourth-order valence-electron chi connectivity index (χ4n) is 3.00. The van der Waals surface area contributed by atoms with Crippen molar-refractivity contribution in [3.8, 4) is 0 Å². The summed E-state index contributed by atoms with van der Waals surface area (Å²) in [6.07, 6.45) is 1.26. The van der Waals surface area contributed by atoms with Crippen LogP contribution in [0.2, 0.25) is 0 Å². The molecule has 1 amide bonds. The molecular formula is C17H21N3O3. The van der Waals surface area contributed by atoms with Crippen LogP contribution in [0.25, 0.3) is 0 Å². The first-order chi connectivity index (χ1) is 11.1. The number of hydrogen-bond donors (Lipinski definition) is 2. The highest BCUT2D eigenvalue weighted by atomic mass is 16.5. The molecule has 0 spiro atoms. The molecule has 0 unspecified atom stereocenters. The third kappa shape index (κ3) is 3.78. The Hall–Kier alpha value is -2.18. The molecule has 23 heavy (non-hydrogen) atoms. The van der Waals surface area contributed by atoms with Crippen LogP contribution in [0.4, 0.5) is 5.82 Å². The molecule has 2 heterocycles. The first-order valence-electron chi connectivity index (χ1n) is 7.85. The van der Waals surface area contributed by atoms with Crippen LogP contribution in [0.3, 0.4) is 0 Å². The van der Waals surface area contributed by atoms with Gasteiger partial charge in [0.25, 0.3) is 0 Å². The van der Waals surface area contributed by atoms with Crippen LogP contribution in [0.5, 0.6) is 0 Å². The average molecular weight is 315 g/mol. The van der Waals surface area contributed by atoms with Crippen molar-refractivity contribution < 1.29 is 14.4 Å². The van der Waals surface area contributed by atoms with E-state index in [2.05, 4.69) is 10.5 Å². The van der Waals surface area contributed by atoms with Gasteiger partial charge in [-0.15, -0.1) is 0 Å². The molecule has 2 aromatic rings. The molecule has 0 saturated carbocycles. The smallest absolute Gasteiger partial charge is 0.247 e. The van der Waals surface area contributed by atoms with Gasteiger partial charge in [0.05, 0.1) is 6.10 Å². The van der Waals surface area contributed by atoms with Crippen molar-refractivity contribution in [2.45, 2.75) is 31.9 Å². The largest absolute Gasteiger partial charge is 0.392 e. The van der Waals surface area contributed by atoms with Gasteiger partial charge < -0.3 is 14.9 Å². The number of aryl methyl sites for hydroxylation is 1. The fourth-order valence-corrected chi connectivity index (χ4v) is 3.00. The molecule has 1 aromatic heterocycles. The summed E-state index contributed by atoms with van der Waals surface area (Å²) in [6.45, 7) is 3.05. The van der Waals surface area contributed by atoms with E-state index in [0.29, 0.717) is 18.1 Å². The molecule has 122 valence electrons. The van der Waals surface area contributed by atoms with E-state index >= 15 is 0 Å². The van der Waals surface area contributed by atoms with Crippen LogP contribution < -0.4 is 5.32 Å². The molecule has 0 radical (unpaired) electrons. The van der Waals surface area contributed by atoms with E-state index in [9.17, 15) is 9.90 Å². The van der Waals surface area contributed by atoms with Crippen molar-refractivity contribution in [3.05, 3.63) is 47.7 Å². The van der Waals surface area contributed by atoms with Gasteiger partial charge in [-0.05, 0) is 31.9 Å². The lowest BCUT2D eigenvalue weighted by molar-refractivity contribution is -0.122. The molecule has 1 fully saturated rings. The fraction of sp³-hybridized carbons (Fsp3) is 0.412. The highest BCUT2D eigenvalue weighted by molar-refractivity contribution is 5.94. The number of likely N-dealkylation sites (tertiary alicyclic amines) is 1. The Morgan fingerprint density at radius 2 is 2.22 bits per heavy atom. The van der Waals surface area contributed by atoms with Crippen LogP contribution in [-0.2, 0) is 4.79 Å². The number of anilines is 1. The third-order valence-electron chi connectivity index (χ3n) is 4.04. The van der Waals surface area contributed by atoms with Crippen molar-refractivity contribution in [2.75, 3.05) is 18.4 Å². The highest BCUT2D eigenvalue weighted by Gasteiger charge is 2.31. The first-order valence-corrected chi connectivity index (χ1v) is 7.85. The van der Waals surface area contributed by atoms with E-state index in [1.165, 1.54) is 0 Å². The number of rotatable bonds is 4. The Balaban J connectivity index is 1.83. The summed E-state index contributed by atoms with van der Waals surface area (Å²) < 4.78 is 5.00. The number of aliphatic hydroxyl groups is 1. The molecule has 1 aliphatic heterocycles. The van der Waals surface area contributed by atoms with Gasteiger partial charge in [-0.2, -0.15) is 0 Å². The van der Waals surface area contributed by atoms with Gasteiger partial charge in [-0.3, -0.25) is 9.69 Å². The summed E-state index contributed by atoms with van der Waals surface area (Å²) >= 11 is 0. The molecule has 0 aliphatic carbocycles. The maximum atomic E-state index is 12.8. The molecular weight excluding hydrogens is 294 g/mol. The number of β-amino-alcohol motifs (C(OH)–C–C–N with tert-alkyl or cyclic N) is 1. The Kier molecular flexibility index (Phi) is 4.73. The second kappa shape index (κ2) is 6.93. The van der Waals surface area contributed by atoms with E-state index in [1.807, 2.05) is 35.2 Å². The van der Waals surface area contributed by atoms with Gasteiger partial charge in [-0.25, -0.2) is 0 Å². The maximum Gasteiger partial charge on any atom is 0.247 e. The molecule has 1 aliphatic rings. The SMILES string of the molecule is Cc1cc(NC(=O)[C@H](c2ccccc2)N2CCC[C@H](O)C2)no1. The number of hydrogen-bond acceptors (Lipinski definition) is 5. The number of aliphatic hydroxyl groups excluding tert-OH is 1. The quantitative estimate of drug-likeness (QED) is 0.903. The lowest BCUT2D eigenvalue weighted by Gasteiger charge is -2.35. The lowest BCUT2D eigenvalue weighted by Crippen LogP contribution is -2.44. The summed E-state index contributed by atoms with van der Waals surface area (Å²) in [5.41, 5.74) is 0.902. The van der Waals surface area contributed by atoms with E-state index in [-0.39, 0.29) is 5.91 Å². The zero-order valence-electron chi connectivity index (χ0n) is 13.1. The predicted molar refractivity (Wildman–Crippen MR) is 85.9 cm³/mol. The van der Waals surface area contributed by atoms with Gasteiger partial charge in [0.1, 0.15) is 11.8 Å². The van der Waals surface area contributed by atoms with Crippen LogP contribution in [0, 0.1) is 6.92 Å². The molecule has 1 aromatic carbocycles. The number of nitrogens with one attached hydrogen (secondary N) is 1. The summed E-state index contributed by atoms with van der Waals surface area (Å²) in [7, 11) is 0. The molecule has 6 heteroatoms. The van der Waals surface area contributed by atoms with Crippen molar-refractivity contribution in [3.63, 3.8) is 0 Å². The Morgan fingerprint density at radius 3 is 2.87 bits per heavy atom. The number of carbonyl (C=O) groups excluding carboxylic acids is 1. The minimum Gasteiger partial charge on any atom is -0.392 e. The molecule has 1 saturated heterocycles. The number of nitrogens with zero attached hydrogens (tertiary/aromatic N) is 2. The molecule has 3 rings (SSSR count). The predicted octanol–water partition coefficient (Wildman–Crippen LogP) is 2.12. The zero-order chi connectivity index (χ0) is 16.2. The molecule has 2 N–H and O–H groups in total. The third-order valence-corrected chi connectivity index (χ3v) is 4.04. The van der Waals surface area contributed by atoms with Crippen molar-refractivity contribution in [2.24, 2.45) is 0 Å². The van der Waals surface area contributed by atoms with Gasteiger partial charge in [-0.1, -0.05) is 35.5 Å². The topological polar surface area (TPSA) is 78.6 Å². The minimum absolute atomic E-state index is 0.168. The number of benzene rings is 1. The van der Waals surface area contributed by atoms with Crippen LogP contribution in [0.15, 0.2) is 40.9 Å². The van der Waals surface area contributed by atoms with Crippen molar-refractivity contribution in [1.82, 2.24) is 10.1 Å². The van der Waals surface area contributed by atoms with E-state index in [1.54, 1.807) is 13.0 Å². The maximum absolute atomic E-state index is 12.8. The van der Waals surface area contributed by atoms with Gasteiger partial charge >= 0.3 is 0 Å². The van der Waals surface area contributed by atoms with E-state index < -0.39 is 12.1 Å². The van der Waals surface area contributed by atoms with Gasteiger partial charge in [0.2, 0.25) is 5.91 Å². The Morgan fingerprint density at radius 1 is 1.43 bits per heavy atom. The number of piperidine rings is 1. The average Bonchev–Trinajstić information content (AvgIpc) is 2.94. The molecule has 0 bridgehead atoms. The zero-order valence-corrected chi connectivity index (χ0v) is 13.1. The lowest BCUT2D eigenvalue weighted by atomic mass is 10.00. The summed E-state index contributed by atoms with van der Waals surface area (Å²) in [6, 6.07) is 10.8. The van der Waals surface area contributed by atoms with Gasteiger partial charge in [0.15, 0.2) is 5.82 Å². The molecule has 2 atom stereocenters. The second-order valence-electron chi connectivity index (χ2n) is 5.92. The van der Waals surface area contributed by atoms with Crippen LogP contribution in [0.1, 0.15) is 30.2 Å². The molecule has 6 nitrogen and oxygen atoms in total. The summed E-state index contributed by atoms with van der Waals surface area (Å²) in [5, 5.41) is 16.6. The standard InChI is InChI=1S/C17H21N3O3/c1-12-10-15(19-23-12)18-17(22)16(13-6-3-2-4-7-13)20-9-5-8-14(21)11-20/h2-4,6-7,10,14,16,21H,5,8-9,11H2,1H3,(H,18,19,22)/t14-,16-/m0/s1. The number of amides is 1. The normalized spacial score (nSPS) is 20.2. The highest BCUT2D eigenvalue weighted by Crippen LogP contribution is 2.26. The first kappa shape index (κ1) is 15.7. The number of carbonyl (C=O) groups is 1. The van der Waals surface area contributed by atoms with Crippen molar-refractivity contribution in [1.29, 1.82) is 0 Å². The van der Waals surface area contributed by atoms with E-state index in [0.717, 1.165) is 24.9 Å². The van der Waals surface area contributed by atoms with E-state index in [4.69, 9.17) is 4.52 Å². The van der Waals surface area contributed by atoms with Crippen LogP contribution in [-0.4, -0.2) is 40.3 Å². The van der Waals surface area contributed by atoms with Gasteiger partial charge in [0, 0.05) is 12.6 Å². The number of aromatic nitrogens is 1. The summed E-state index contributed by atoms with van der Waals surface area (Å²) in [4.78, 5) is 14.8. The van der Waals surface area contributed by atoms with Crippen LogP contribution >= 0.6 is 0 Å². The monoisotopic (exact) mass is 315 g/mol.